The van der Waals surface area contributed by atoms with E-state index < -0.39 is 17.4 Å². The van der Waals surface area contributed by atoms with E-state index in [2.05, 4.69) is 6.92 Å². The lowest BCUT2D eigenvalue weighted by molar-refractivity contribution is -0.168. The maximum absolute atomic E-state index is 13.8. The first kappa shape index (κ1) is 27.5. The Labute approximate surface area is 232 Å². The molecule has 6 fully saturated rings. The van der Waals surface area contributed by atoms with Crippen LogP contribution < -0.4 is 0 Å². The lowest BCUT2D eigenvalue weighted by Gasteiger charge is -2.46. The van der Waals surface area contributed by atoms with Crippen molar-refractivity contribution in [2.24, 2.45) is 65.1 Å². The maximum Gasteiger partial charge on any atom is 0.310 e. The van der Waals surface area contributed by atoms with Gasteiger partial charge in [0.1, 0.15) is 31.0 Å². The van der Waals surface area contributed by atoms with Gasteiger partial charge < -0.3 is 23.7 Å². The van der Waals surface area contributed by atoms with Gasteiger partial charge >= 0.3 is 17.9 Å². The molecule has 6 aliphatic rings. The second-order valence-electron chi connectivity index (χ2n) is 14.4. The number of hydrogen-bond donors (Lipinski definition) is 0. The van der Waals surface area contributed by atoms with E-state index in [0.29, 0.717) is 48.7 Å². The zero-order valence-corrected chi connectivity index (χ0v) is 24.1. The zero-order chi connectivity index (χ0) is 27.6. The maximum atomic E-state index is 13.8. The highest BCUT2D eigenvalue weighted by Crippen LogP contribution is 2.67. The van der Waals surface area contributed by atoms with Crippen LogP contribution in [0.1, 0.15) is 66.7 Å². The van der Waals surface area contributed by atoms with Gasteiger partial charge in [-0.15, -0.1) is 0 Å². The summed E-state index contributed by atoms with van der Waals surface area (Å²) >= 11 is 0. The molecule has 39 heavy (non-hydrogen) atoms. The summed E-state index contributed by atoms with van der Waals surface area (Å²) in [5, 5.41) is 0. The number of epoxide rings is 2. The van der Waals surface area contributed by atoms with Crippen LogP contribution in [0.4, 0.5) is 0 Å². The van der Waals surface area contributed by atoms with Gasteiger partial charge in [-0.05, 0) is 100 Å². The van der Waals surface area contributed by atoms with Crippen molar-refractivity contribution in [1.82, 2.24) is 0 Å². The standard InChI is InChI=1S/C31H46O8/c1-15-19-9-22(23(10-19)29(33)39-31(3,4)5)24(15)26-17-6-7-18(8-17)27(26)25(30(34)38-14-21-12-36-21)16(2)28(32)37-13-20-11-35-20/h15-27H,6-14H2,1-5H3. The van der Waals surface area contributed by atoms with Crippen LogP contribution in [0.15, 0.2) is 0 Å². The van der Waals surface area contributed by atoms with E-state index in [-0.39, 0.29) is 61.1 Å². The van der Waals surface area contributed by atoms with Gasteiger partial charge in [-0.3, -0.25) is 14.4 Å². The van der Waals surface area contributed by atoms with E-state index in [0.717, 1.165) is 25.7 Å². The molecule has 0 aromatic carbocycles. The molecule has 2 aliphatic heterocycles. The van der Waals surface area contributed by atoms with Crippen molar-refractivity contribution in [1.29, 1.82) is 0 Å². The largest absolute Gasteiger partial charge is 0.463 e. The molecule has 0 aromatic heterocycles. The van der Waals surface area contributed by atoms with E-state index in [1.165, 1.54) is 6.42 Å². The Kier molecular flexibility index (Phi) is 7.27. The van der Waals surface area contributed by atoms with Crippen molar-refractivity contribution in [3.8, 4) is 0 Å². The summed E-state index contributed by atoms with van der Waals surface area (Å²) < 4.78 is 27.8. The van der Waals surface area contributed by atoms with E-state index >= 15 is 0 Å². The highest BCUT2D eigenvalue weighted by atomic mass is 16.6. The van der Waals surface area contributed by atoms with Gasteiger partial charge in [0.05, 0.1) is 31.0 Å². The highest BCUT2D eigenvalue weighted by molar-refractivity contribution is 5.82. The number of carbonyl (C=O) groups is 3. The average Bonchev–Trinajstić information content (AvgIpc) is 3.73. The van der Waals surface area contributed by atoms with Gasteiger partial charge in [-0.25, -0.2) is 0 Å². The molecule has 0 aromatic rings. The fourth-order valence-corrected chi connectivity index (χ4v) is 9.19. The molecule has 4 aliphatic carbocycles. The second-order valence-corrected chi connectivity index (χ2v) is 14.4. The number of rotatable bonds is 10. The van der Waals surface area contributed by atoms with Crippen molar-refractivity contribution in [3.05, 3.63) is 0 Å². The molecule has 0 spiro atoms. The summed E-state index contributed by atoms with van der Waals surface area (Å²) in [6.07, 6.45) is 5.27. The van der Waals surface area contributed by atoms with Crippen LogP contribution in [0.5, 0.6) is 0 Å². The Balaban J connectivity index is 1.26. The third-order valence-electron chi connectivity index (χ3n) is 10.9. The van der Waals surface area contributed by atoms with Crippen LogP contribution >= 0.6 is 0 Å². The topological polar surface area (TPSA) is 104 Å². The quantitative estimate of drug-likeness (QED) is 0.230. The number of fused-ring (bicyclic) bond motifs is 4. The van der Waals surface area contributed by atoms with Gasteiger partial charge in [0.15, 0.2) is 0 Å². The number of esters is 3. The molecule has 218 valence electrons. The van der Waals surface area contributed by atoms with Crippen molar-refractivity contribution in [2.75, 3.05) is 26.4 Å². The van der Waals surface area contributed by atoms with Crippen LogP contribution in [-0.4, -0.2) is 62.1 Å². The molecule has 4 bridgehead atoms. The third-order valence-corrected chi connectivity index (χ3v) is 10.9. The molecule has 0 radical (unpaired) electrons. The summed E-state index contributed by atoms with van der Waals surface area (Å²) in [7, 11) is 0. The number of hydrogen-bond acceptors (Lipinski definition) is 8. The Morgan fingerprint density at radius 1 is 0.846 bits per heavy atom. The molecule has 13 atom stereocenters. The fraction of sp³-hybridized carbons (Fsp3) is 0.903. The monoisotopic (exact) mass is 546 g/mol. The summed E-state index contributed by atoms with van der Waals surface area (Å²) in [5.74, 6) is 0.980. The smallest absolute Gasteiger partial charge is 0.310 e. The van der Waals surface area contributed by atoms with E-state index in [4.69, 9.17) is 23.7 Å². The van der Waals surface area contributed by atoms with Crippen LogP contribution in [0.2, 0.25) is 0 Å². The van der Waals surface area contributed by atoms with Crippen molar-refractivity contribution >= 4 is 17.9 Å². The summed E-state index contributed by atoms with van der Waals surface area (Å²) in [6.45, 7) is 11.7. The minimum atomic E-state index is -0.598. The Morgan fingerprint density at radius 2 is 1.46 bits per heavy atom. The van der Waals surface area contributed by atoms with E-state index in [9.17, 15) is 14.4 Å². The molecule has 4 saturated carbocycles. The lowest BCUT2D eigenvalue weighted by atomic mass is 9.58. The molecule has 2 saturated heterocycles. The first-order chi connectivity index (χ1) is 18.5. The van der Waals surface area contributed by atoms with E-state index in [1.807, 2.05) is 27.7 Å². The number of ether oxygens (including phenoxy) is 5. The molecule has 0 amide bonds. The minimum Gasteiger partial charge on any atom is -0.463 e. The summed E-state index contributed by atoms with van der Waals surface area (Å²) in [6, 6.07) is 0. The van der Waals surface area contributed by atoms with Gasteiger partial charge in [0.2, 0.25) is 0 Å². The first-order valence-electron chi connectivity index (χ1n) is 15.3. The van der Waals surface area contributed by atoms with Crippen LogP contribution in [0.3, 0.4) is 0 Å². The lowest BCUT2D eigenvalue weighted by Crippen LogP contribution is -2.47. The van der Waals surface area contributed by atoms with Crippen molar-refractivity contribution < 1.29 is 38.1 Å². The molecule has 13 unspecified atom stereocenters. The number of carbonyl (C=O) groups excluding carboxylic acids is 3. The molecule has 6 rings (SSSR count). The third kappa shape index (κ3) is 5.49. The fourth-order valence-electron chi connectivity index (χ4n) is 9.19. The Bertz CT molecular complexity index is 964. The van der Waals surface area contributed by atoms with Crippen molar-refractivity contribution in [2.45, 2.75) is 84.5 Å². The first-order valence-corrected chi connectivity index (χ1v) is 15.3. The van der Waals surface area contributed by atoms with Crippen LogP contribution in [-0.2, 0) is 38.1 Å². The van der Waals surface area contributed by atoms with Crippen molar-refractivity contribution in [3.63, 3.8) is 0 Å². The zero-order valence-electron chi connectivity index (χ0n) is 24.1. The van der Waals surface area contributed by atoms with Gasteiger partial charge in [0, 0.05) is 0 Å². The normalized spacial score (nSPS) is 43.2. The highest BCUT2D eigenvalue weighted by Gasteiger charge is 2.63. The minimum absolute atomic E-state index is 0.0199. The molecular weight excluding hydrogens is 500 g/mol. The van der Waals surface area contributed by atoms with E-state index in [1.54, 1.807) is 0 Å². The molecule has 8 nitrogen and oxygen atoms in total. The van der Waals surface area contributed by atoms with Crippen LogP contribution in [0, 0.1) is 65.1 Å². The second kappa shape index (κ2) is 10.3. The predicted octanol–water partition coefficient (Wildman–Crippen LogP) is 4.04. The summed E-state index contributed by atoms with van der Waals surface area (Å²) in [4.78, 5) is 40.3. The van der Waals surface area contributed by atoms with Gasteiger partial charge in [-0.2, -0.15) is 0 Å². The predicted molar refractivity (Wildman–Crippen MR) is 140 cm³/mol. The molecule has 8 heteroatoms. The molecule has 0 N–H and O–H groups in total. The Hall–Kier alpha value is -1.67. The summed E-state index contributed by atoms with van der Waals surface area (Å²) in [5.41, 5.74) is -0.504. The van der Waals surface area contributed by atoms with Crippen LogP contribution in [0.25, 0.3) is 0 Å². The Morgan fingerprint density at radius 3 is 2.05 bits per heavy atom. The van der Waals surface area contributed by atoms with Gasteiger partial charge in [-0.1, -0.05) is 13.8 Å². The molecule has 2 heterocycles. The van der Waals surface area contributed by atoms with Gasteiger partial charge in [0.25, 0.3) is 0 Å². The SMILES string of the molecule is CC(C(=O)OCC1CO1)C(C(=O)OCC1CO1)C1C2CCC(C2)C1C1C(C)C2CC(C(=O)OC(C)(C)C)C1C2. The molecular formula is C31H46O8. The average molecular weight is 547 g/mol.